The van der Waals surface area contributed by atoms with Crippen molar-refractivity contribution in [1.29, 1.82) is 0 Å². The van der Waals surface area contributed by atoms with Gasteiger partial charge in [-0.25, -0.2) is 0 Å². The van der Waals surface area contributed by atoms with Crippen LogP contribution in [0.1, 0.15) is 49.4 Å². The van der Waals surface area contributed by atoms with E-state index in [4.69, 9.17) is 9.47 Å². The van der Waals surface area contributed by atoms with Gasteiger partial charge in [0, 0.05) is 44.7 Å². The molecule has 0 aromatic carbocycles. The number of nitrogens with zero attached hydrogens (tertiary/aromatic N) is 2. The molecular formula is C21H37IN4O2S. The monoisotopic (exact) mass is 536 g/mol. The Hall–Kier alpha value is -0.420. The number of hydrogen-bond donors (Lipinski definition) is 2. The minimum absolute atomic E-state index is 0. The highest BCUT2D eigenvalue weighted by atomic mass is 127. The van der Waals surface area contributed by atoms with Gasteiger partial charge in [-0.1, -0.05) is 25.3 Å². The van der Waals surface area contributed by atoms with Gasteiger partial charge < -0.3 is 20.1 Å². The van der Waals surface area contributed by atoms with Crippen LogP contribution < -0.4 is 10.6 Å². The number of ether oxygens (including phenoxy) is 2. The maximum atomic E-state index is 6.01. The van der Waals surface area contributed by atoms with Crippen molar-refractivity contribution in [1.82, 2.24) is 15.5 Å². The molecule has 166 valence electrons. The Bertz CT molecular complexity index is 561. The maximum Gasteiger partial charge on any atom is 0.191 e. The zero-order valence-corrected chi connectivity index (χ0v) is 20.8. The number of halogens is 1. The molecule has 2 aliphatic rings. The highest BCUT2D eigenvalue weighted by molar-refractivity contribution is 14.0. The highest BCUT2D eigenvalue weighted by Crippen LogP contribution is 2.25. The molecule has 2 N–H and O–H groups in total. The predicted octanol–water partition coefficient (Wildman–Crippen LogP) is 3.64. The summed E-state index contributed by atoms with van der Waals surface area (Å²) in [7, 11) is 1.84. The number of guanidine groups is 1. The van der Waals surface area contributed by atoms with Crippen LogP contribution >= 0.6 is 35.3 Å². The molecule has 1 aromatic heterocycles. The number of morpholine rings is 1. The minimum Gasteiger partial charge on any atom is -0.379 e. The first-order valence-electron chi connectivity index (χ1n) is 10.8. The molecule has 1 saturated heterocycles. The Balaban J connectivity index is 0.00000300. The Labute approximate surface area is 196 Å². The second-order valence-corrected chi connectivity index (χ2v) is 8.52. The molecule has 1 unspecified atom stereocenters. The average molecular weight is 537 g/mol. The number of aliphatic imine (C=N–C) groups is 1. The van der Waals surface area contributed by atoms with E-state index < -0.39 is 0 Å². The standard InChI is InChI=1S/C21H36N4O2S.HI/c1-22-21(23-10-6-13-27-18-7-3-2-4-8-18)24-17-19(20-9-5-16-28-20)25-11-14-26-15-12-25;/h5,9,16,18-19H,2-4,6-8,10-15,17H2,1H3,(H2,22,23,24);1H. The van der Waals surface area contributed by atoms with Crippen LogP contribution in [-0.2, 0) is 9.47 Å². The van der Waals surface area contributed by atoms with Crippen molar-refractivity contribution in [3.8, 4) is 0 Å². The lowest BCUT2D eigenvalue weighted by molar-refractivity contribution is 0.0177. The van der Waals surface area contributed by atoms with E-state index in [1.54, 1.807) is 0 Å². The van der Waals surface area contributed by atoms with Crippen LogP contribution in [0.3, 0.4) is 0 Å². The smallest absolute Gasteiger partial charge is 0.191 e. The SMILES string of the molecule is CN=C(NCCCOC1CCCCC1)NCC(c1cccs1)N1CCOCC1.I. The van der Waals surface area contributed by atoms with Gasteiger partial charge in [0.25, 0.3) is 0 Å². The Kier molecular flexibility index (Phi) is 12.5. The van der Waals surface area contributed by atoms with Crippen molar-refractivity contribution in [2.24, 2.45) is 4.99 Å². The van der Waals surface area contributed by atoms with E-state index >= 15 is 0 Å². The van der Waals surface area contributed by atoms with Crippen LogP contribution in [0.15, 0.2) is 22.5 Å². The fourth-order valence-corrected chi connectivity index (χ4v) is 4.82. The summed E-state index contributed by atoms with van der Waals surface area (Å²) in [6, 6.07) is 4.72. The normalized spacial score (nSPS) is 20.1. The highest BCUT2D eigenvalue weighted by Gasteiger charge is 2.23. The Morgan fingerprint density at radius 1 is 1.28 bits per heavy atom. The van der Waals surface area contributed by atoms with Crippen LogP contribution in [0.25, 0.3) is 0 Å². The third kappa shape index (κ3) is 8.69. The molecule has 2 fully saturated rings. The van der Waals surface area contributed by atoms with E-state index in [-0.39, 0.29) is 24.0 Å². The molecule has 1 aliphatic carbocycles. The van der Waals surface area contributed by atoms with Gasteiger partial charge in [0.15, 0.2) is 5.96 Å². The molecule has 1 saturated carbocycles. The molecule has 1 aromatic rings. The fourth-order valence-electron chi connectivity index (χ4n) is 3.95. The topological polar surface area (TPSA) is 58.1 Å². The summed E-state index contributed by atoms with van der Waals surface area (Å²) in [5.74, 6) is 0.868. The molecular weight excluding hydrogens is 499 g/mol. The second kappa shape index (κ2) is 14.6. The third-order valence-corrected chi connectivity index (χ3v) is 6.54. The van der Waals surface area contributed by atoms with Gasteiger partial charge in [0.05, 0.1) is 25.4 Å². The van der Waals surface area contributed by atoms with Crippen molar-refractivity contribution < 1.29 is 9.47 Å². The summed E-state index contributed by atoms with van der Waals surface area (Å²) >= 11 is 1.82. The molecule has 1 atom stereocenters. The van der Waals surface area contributed by atoms with E-state index in [2.05, 4.69) is 38.0 Å². The molecule has 3 rings (SSSR count). The van der Waals surface area contributed by atoms with E-state index in [1.807, 2.05) is 18.4 Å². The van der Waals surface area contributed by atoms with Crippen LogP contribution in [0.4, 0.5) is 0 Å². The number of rotatable bonds is 9. The summed E-state index contributed by atoms with van der Waals surface area (Å²) < 4.78 is 11.5. The molecule has 8 heteroatoms. The lowest BCUT2D eigenvalue weighted by Crippen LogP contribution is -2.46. The molecule has 0 spiro atoms. The largest absolute Gasteiger partial charge is 0.379 e. The Morgan fingerprint density at radius 2 is 2.07 bits per heavy atom. The van der Waals surface area contributed by atoms with Crippen LogP contribution in [-0.4, -0.2) is 70.0 Å². The van der Waals surface area contributed by atoms with Gasteiger partial charge in [-0.2, -0.15) is 0 Å². The Morgan fingerprint density at radius 3 is 2.76 bits per heavy atom. The molecule has 1 aliphatic heterocycles. The average Bonchev–Trinajstić information content (AvgIpc) is 3.28. The third-order valence-electron chi connectivity index (χ3n) is 5.56. The minimum atomic E-state index is 0. The van der Waals surface area contributed by atoms with E-state index in [0.29, 0.717) is 12.1 Å². The van der Waals surface area contributed by atoms with Gasteiger partial charge in [0.2, 0.25) is 0 Å². The van der Waals surface area contributed by atoms with E-state index in [0.717, 1.165) is 58.4 Å². The molecule has 29 heavy (non-hydrogen) atoms. The van der Waals surface area contributed by atoms with Gasteiger partial charge in [0.1, 0.15) is 0 Å². The van der Waals surface area contributed by atoms with Crippen LogP contribution in [0.2, 0.25) is 0 Å². The summed E-state index contributed by atoms with van der Waals surface area (Å²) in [4.78, 5) is 8.29. The van der Waals surface area contributed by atoms with Gasteiger partial charge in [-0.05, 0) is 30.7 Å². The van der Waals surface area contributed by atoms with Gasteiger partial charge in [-0.15, -0.1) is 35.3 Å². The van der Waals surface area contributed by atoms with Crippen molar-refractivity contribution in [3.63, 3.8) is 0 Å². The molecule has 2 heterocycles. The summed E-state index contributed by atoms with van der Waals surface area (Å²) in [5, 5.41) is 9.10. The first-order valence-corrected chi connectivity index (χ1v) is 11.7. The van der Waals surface area contributed by atoms with Crippen LogP contribution in [0.5, 0.6) is 0 Å². The summed E-state index contributed by atoms with van der Waals surface area (Å²) in [5.41, 5.74) is 0. The lowest BCUT2D eigenvalue weighted by atomic mass is 9.98. The summed E-state index contributed by atoms with van der Waals surface area (Å²) in [6.07, 6.45) is 8.01. The number of nitrogens with one attached hydrogen (secondary N) is 2. The number of thiophene rings is 1. The lowest BCUT2D eigenvalue weighted by Gasteiger charge is -2.34. The van der Waals surface area contributed by atoms with E-state index in [9.17, 15) is 0 Å². The van der Waals surface area contributed by atoms with Crippen molar-refractivity contribution >= 4 is 41.3 Å². The fraction of sp³-hybridized carbons (Fsp3) is 0.762. The van der Waals surface area contributed by atoms with Gasteiger partial charge >= 0.3 is 0 Å². The molecule has 0 radical (unpaired) electrons. The quantitative estimate of drug-likeness (QED) is 0.219. The zero-order chi connectivity index (χ0) is 19.4. The van der Waals surface area contributed by atoms with Gasteiger partial charge in [-0.3, -0.25) is 9.89 Å². The first kappa shape index (κ1) is 24.8. The molecule has 0 amide bonds. The predicted molar refractivity (Wildman–Crippen MR) is 132 cm³/mol. The first-order chi connectivity index (χ1) is 13.9. The number of hydrogen-bond acceptors (Lipinski definition) is 5. The zero-order valence-electron chi connectivity index (χ0n) is 17.6. The van der Waals surface area contributed by atoms with Crippen molar-refractivity contribution in [2.45, 2.75) is 50.7 Å². The van der Waals surface area contributed by atoms with E-state index in [1.165, 1.54) is 37.0 Å². The van der Waals surface area contributed by atoms with Crippen LogP contribution in [0, 0.1) is 0 Å². The molecule has 0 bridgehead atoms. The van der Waals surface area contributed by atoms with Crippen molar-refractivity contribution in [2.75, 3.05) is 53.0 Å². The second-order valence-electron chi connectivity index (χ2n) is 7.54. The van der Waals surface area contributed by atoms with Crippen molar-refractivity contribution in [3.05, 3.63) is 22.4 Å². The molecule has 6 nitrogen and oxygen atoms in total. The maximum absolute atomic E-state index is 6.01. The summed E-state index contributed by atoms with van der Waals surface area (Å²) in [6.45, 7) is 6.15.